The Morgan fingerprint density at radius 3 is 1.84 bits per heavy atom. The molecule has 0 unspecified atom stereocenters. The van der Waals surface area contributed by atoms with Gasteiger partial charge in [-0.25, -0.2) is 5.06 Å². The maximum absolute atomic E-state index is 12.1. The Morgan fingerprint density at radius 2 is 1.32 bits per heavy atom. The summed E-state index contributed by atoms with van der Waals surface area (Å²) in [6, 6.07) is 15.1. The van der Waals surface area contributed by atoms with Crippen molar-refractivity contribution in [3.8, 4) is 0 Å². The number of benzene rings is 2. The number of hydrogen-bond acceptors (Lipinski definition) is 3. The first-order chi connectivity index (χ1) is 9.09. The SMILES string of the molecule is CN(O)C(=O)c1ccc(C(=O)c2ccccc2)cc1. The van der Waals surface area contributed by atoms with Crippen LogP contribution in [0.5, 0.6) is 0 Å². The van der Waals surface area contributed by atoms with Crippen LogP contribution in [0.3, 0.4) is 0 Å². The molecule has 4 nitrogen and oxygen atoms in total. The van der Waals surface area contributed by atoms with Crippen LogP contribution < -0.4 is 0 Å². The summed E-state index contributed by atoms with van der Waals surface area (Å²) in [5.41, 5.74) is 1.43. The van der Waals surface area contributed by atoms with Crippen LogP contribution in [0.2, 0.25) is 0 Å². The molecule has 1 amide bonds. The van der Waals surface area contributed by atoms with E-state index in [9.17, 15) is 9.59 Å². The molecule has 2 aromatic carbocycles. The zero-order chi connectivity index (χ0) is 13.8. The zero-order valence-corrected chi connectivity index (χ0v) is 10.4. The van der Waals surface area contributed by atoms with Gasteiger partial charge < -0.3 is 0 Å². The second kappa shape index (κ2) is 5.46. The molecular weight excluding hydrogens is 242 g/mol. The molecule has 0 heterocycles. The van der Waals surface area contributed by atoms with Crippen molar-refractivity contribution < 1.29 is 14.8 Å². The van der Waals surface area contributed by atoms with E-state index in [-0.39, 0.29) is 5.78 Å². The first kappa shape index (κ1) is 13.0. The summed E-state index contributed by atoms with van der Waals surface area (Å²) in [6.45, 7) is 0. The van der Waals surface area contributed by atoms with E-state index in [4.69, 9.17) is 5.21 Å². The topological polar surface area (TPSA) is 57.6 Å². The van der Waals surface area contributed by atoms with E-state index in [0.717, 1.165) is 0 Å². The maximum atomic E-state index is 12.1. The first-order valence-corrected chi connectivity index (χ1v) is 5.76. The third-order valence-electron chi connectivity index (χ3n) is 2.72. The van der Waals surface area contributed by atoms with Crippen LogP contribution in [0.25, 0.3) is 0 Å². The monoisotopic (exact) mass is 255 g/mol. The lowest BCUT2D eigenvalue weighted by atomic mass is 10.0. The average molecular weight is 255 g/mol. The van der Waals surface area contributed by atoms with E-state index in [1.54, 1.807) is 36.4 Å². The molecule has 19 heavy (non-hydrogen) atoms. The Balaban J connectivity index is 2.24. The lowest BCUT2D eigenvalue weighted by molar-refractivity contribution is -0.0374. The van der Waals surface area contributed by atoms with E-state index in [0.29, 0.717) is 21.8 Å². The molecule has 1 N–H and O–H groups in total. The van der Waals surface area contributed by atoms with Crippen LogP contribution in [0.4, 0.5) is 0 Å². The number of amides is 1. The van der Waals surface area contributed by atoms with E-state index < -0.39 is 5.91 Å². The maximum Gasteiger partial charge on any atom is 0.276 e. The van der Waals surface area contributed by atoms with Gasteiger partial charge in [0.05, 0.1) is 0 Å². The molecule has 4 heteroatoms. The van der Waals surface area contributed by atoms with Gasteiger partial charge in [0.1, 0.15) is 0 Å². The number of hydroxylamine groups is 2. The molecule has 2 aromatic rings. The summed E-state index contributed by atoms with van der Waals surface area (Å²) in [4.78, 5) is 23.6. The molecule has 0 fully saturated rings. The van der Waals surface area contributed by atoms with Gasteiger partial charge in [0, 0.05) is 23.7 Å². The van der Waals surface area contributed by atoms with Crippen molar-refractivity contribution >= 4 is 11.7 Å². The van der Waals surface area contributed by atoms with E-state index in [2.05, 4.69) is 0 Å². The average Bonchev–Trinajstić information content (AvgIpc) is 2.46. The first-order valence-electron chi connectivity index (χ1n) is 5.76. The van der Waals surface area contributed by atoms with Crippen LogP contribution in [0.15, 0.2) is 54.6 Å². The molecule has 0 radical (unpaired) electrons. The Kier molecular flexibility index (Phi) is 3.73. The van der Waals surface area contributed by atoms with Crippen LogP contribution in [-0.2, 0) is 0 Å². The predicted molar refractivity (Wildman–Crippen MR) is 70.2 cm³/mol. The minimum Gasteiger partial charge on any atom is -0.289 e. The second-order valence-electron chi connectivity index (χ2n) is 4.10. The summed E-state index contributed by atoms with van der Waals surface area (Å²) >= 11 is 0. The molecule has 0 aliphatic rings. The Morgan fingerprint density at radius 1 is 0.842 bits per heavy atom. The third-order valence-corrected chi connectivity index (χ3v) is 2.72. The summed E-state index contributed by atoms with van der Waals surface area (Å²) in [7, 11) is 1.26. The Hall–Kier alpha value is -2.46. The summed E-state index contributed by atoms with van der Waals surface area (Å²) in [5.74, 6) is -0.615. The van der Waals surface area contributed by atoms with E-state index >= 15 is 0 Å². The van der Waals surface area contributed by atoms with Gasteiger partial charge in [-0.15, -0.1) is 0 Å². The van der Waals surface area contributed by atoms with Gasteiger partial charge in [0.25, 0.3) is 5.91 Å². The van der Waals surface area contributed by atoms with E-state index in [1.807, 2.05) is 6.07 Å². The molecule has 0 saturated heterocycles. The molecule has 0 spiro atoms. The molecule has 96 valence electrons. The molecule has 0 aromatic heterocycles. The normalized spacial score (nSPS) is 10.0. The summed E-state index contributed by atoms with van der Waals surface area (Å²) in [5, 5.41) is 9.56. The molecule has 0 bridgehead atoms. The predicted octanol–water partition coefficient (Wildman–Crippen LogP) is 2.38. The van der Waals surface area contributed by atoms with Gasteiger partial charge in [-0.1, -0.05) is 42.5 Å². The highest BCUT2D eigenvalue weighted by atomic mass is 16.5. The van der Waals surface area contributed by atoms with Gasteiger partial charge in [-0.3, -0.25) is 14.8 Å². The fourth-order valence-electron chi connectivity index (χ4n) is 1.71. The van der Waals surface area contributed by atoms with Crippen LogP contribution in [-0.4, -0.2) is 29.0 Å². The van der Waals surface area contributed by atoms with Gasteiger partial charge in [0.2, 0.25) is 0 Å². The number of nitrogens with zero attached hydrogens (tertiary/aromatic N) is 1. The molecule has 2 rings (SSSR count). The number of hydrogen-bond donors (Lipinski definition) is 1. The highest BCUT2D eigenvalue weighted by Gasteiger charge is 2.12. The third kappa shape index (κ3) is 2.86. The summed E-state index contributed by atoms with van der Waals surface area (Å²) in [6.07, 6.45) is 0. The standard InChI is InChI=1S/C15H13NO3/c1-16(19)15(18)13-9-7-12(8-10-13)14(17)11-5-3-2-4-6-11/h2-10,19H,1H3. The fourth-order valence-corrected chi connectivity index (χ4v) is 1.71. The molecular formula is C15H13NO3. The molecule has 0 aliphatic heterocycles. The van der Waals surface area contributed by atoms with Crippen molar-refractivity contribution in [3.63, 3.8) is 0 Å². The number of carbonyl (C=O) groups excluding carboxylic acids is 2. The van der Waals surface area contributed by atoms with Crippen LogP contribution >= 0.6 is 0 Å². The number of rotatable bonds is 3. The van der Waals surface area contributed by atoms with Crippen LogP contribution in [0, 0.1) is 0 Å². The lowest BCUT2D eigenvalue weighted by Gasteiger charge is -2.08. The van der Waals surface area contributed by atoms with Crippen molar-refractivity contribution in [1.29, 1.82) is 0 Å². The molecule has 0 aliphatic carbocycles. The minimum absolute atomic E-state index is 0.100. The number of ketones is 1. The second-order valence-corrected chi connectivity index (χ2v) is 4.10. The molecule has 0 saturated carbocycles. The molecule has 0 atom stereocenters. The minimum atomic E-state index is -0.515. The van der Waals surface area contributed by atoms with Gasteiger partial charge in [-0.2, -0.15) is 0 Å². The highest BCUT2D eigenvalue weighted by molar-refractivity contribution is 6.09. The van der Waals surface area contributed by atoms with Crippen molar-refractivity contribution in [3.05, 3.63) is 71.3 Å². The Labute approximate surface area is 110 Å². The van der Waals surface area contributed by atoms with Gasteiger partial charge in [0.15, 0.2) is 5.78 Å². The van der Waals surface area contributed by atoms with E-state index in [1.165, 1.54) is 19.2 Å². The van der Waals surface area contributed by atoms with Crippen LogP contribution in [0.1, 0.15) is 26.3 Å². The van der Waals surface area contributed by atoms with Gasteiger partial charge in [-0.05, 0) is 12.1 Å². The lowest BCUT2D eigenvalue weighted by Crippen LogP contribution is -2.22. The quantitative estimate of drug-likeness (QED) is 0.520. The summed E-state index contributed by atoms with van der Waals surface area (Å²) < 4.78 is 0. The Bertz CT molecular complexity index is 589. The zero-order valence-electron chi connectivity index (χ0n) is 10.4. The smallest absolute Gasteiger partial charge is 0.276 e. The van der Waals surface area contributed by atoms with Crippen molar-refractivity contribution in [2.75, 3.05) is 7.05 Å². The largest absolute Gasteiger partial charge is 0.289 e. The van der Waals surface area contributed by atoms with Crippen molar-refractivity contribution in [2.24, 2.45) is 0 Å². The number of carbonyl (C=O) groups is 2. The highest BCUT2D eigenvalue weighted by Crippen LogP contribution is 2.11. The fraction of sp³-hybridized carbons (Fsp3) is 0.0667. The van der Waals surface area contributed by atoms with Crippen molar-refractivity contribution in [1.82, 2.24) is 5.06 Å². The van der Waals surface area contributed by atoms with Crippen molar-refractivity contribution in [2.45, 2.75) is 0 Å². The van der Waals surface area contributed by atoms with Gasteiger partial charge >= 0.3 is 0 Å².